The minimum atomic E-state index is 0.733. The van der Waals surface area contributed by atoms with E-state index >= 15 is 0 Å². The van der Waals surface area contributed by atoms with E-state index < -0.39 is 0 Å². The lowest BCUT2D eigenvalue weighted by Crippen LogP contribution is -2.01. The molecule has 1 aliphatic rings. The van der Waals surface area contributed by atoms with Gasteiger partial charge in [0.2, 0.25) is 0 Å². The van der Waals surface area contributed by atoms with Crippen molar-refractivity contribution in [1.82, 2.24) is 15.0 Å². The first-order valence-corrected chi connectivity index (χ1v) is 19.1. The molecule has 0 radical (unpaired) electrons. The first-order chi connectivity index (χ1) is 27.4. The van der Waals surface area contributed by atoms with Gasteiger partial charge >= 0.3 is 0 Å². The van der Waals surface area contributed by atoms with Gasteiger partial charge in [0.25, 0.3) is 0 Å². The molecular weight excluding hydrogens is 685 g/mol. The molecule has 0 aliphatic carbocycles. The summed E-state index contributed by atoms with van der Waals surface area (Å²) in [5.41, 5.74) is 17.9. The second-order valence-electron chi connectivity index (χ2n) is 14.4. The highest BCUT2D eigenvalue weighted by Crippen LogP contribution is 2.38. The Balaban J connectivity index is 0.983. The molecule has 8 aromatic rings. The summed E-state index contributed by atoms with van der Waals surface area (Å²) in [6.45, 7) is 12.3. The van der Waals surface area contributed by atoms with Crippen molar-refractivity contribution in [2.24, 2.45) is 15.0 Å². The lowest BCUT2D eigenvalue weighted by molar-refractivity contribution is 1.02. The van der Waals surface area contributed by atoms with Gasteiger partial charge in [-0.2, -0.15) is 0 Å². The van der Waals surface area contributed by atoms with Crippen LogP contribution in [0.3, 0.4) is 0 Å². The normalized spacial score (nSPS) is 12.9. The summed E-state index contributed by atoms with van der Waals surface area (Å²) in [6, 6.07) is 40.5. The first kappa shape index (κ1) is 34.8. The highest BCUT2D eigenvalue weighted by atomic mass is 14.9. The third-order valence-corrected chi connectivity index (χ3v) is 10.7. The number of aliphatic imine (C=N–C) groups is 3. The average molecular weight is 725 g/mol. The number of fused-ring (bicyclic) bond motifs is 4. The van der Waals surface area contributed by atoms with Crippen LogP contribution in [0.5, 0.6) is 0 Å². The maximum Gasteiger partial charge on any atom is 0.0968 e. The van der Waals surface area contributed by atoms with Crippen LogP contribution in [0.2, 0.25) is 0 Å². The number of aromatic nitrogens is 3. The highest BCUT2D eigenvalue weighted by molar-refractivity contribution is 6.10. The van der Waals surface area contributed by atoms with Crippen molar-refractivity contribution in [2.45, 2.75) is 40.5 Å². The van der Waals surface area contributed by atoms with Gasteiger partial charge < -0.3 is 0 Å². The van der Waals surface area contributed by atoms with E-state index in [1.807, 2.05) is 25.4 Å². The Morgan fingerprint density at radius 3 is 2.09 bits per heavy atom. The van der Waals surface area contributed by atoms with Gasteiger partial charge in [-0.25, -0.2) is 19.9 Å². The summed E-state index contributed by atoms with van der Waals surface area (Å²) in [7, 11) is 0. The van der Waals surface area contributed by atoms with Gasteiger partial charge in [-0.1, -0.05) is 79.4 Å². The smallest absolute Gasteiger partial charge is 0.0968 e. The Labute approximate surface area is 326 Å². The molecule has 4 heterocycles. The maximum atomic E-state index is 5.06. The zero-order valence-electron chi connectivity index (χ0n) is 32.0. The highest BCUT2D eigenvalue weighted by Gasteiger charge is 2.15. The summed E-state index contributed by atoms with van der Waals surface area (Å²) in [5, 5.41) is 3.24. The zero-order chi connectivity index (χ0) is 38.3. The molecule has 0 unspecified atom stereocenters. The number of rotatable bonds is 7. The molecule has 0 N–H and O–H groups in total. The molecule has 0 bridgehead atoms. The van der Waals surface area contributed by atoms with Gasteiger partial charge in [0, 0.05) is 39.7 Å². The second kappa shape index (κ2) is 14.4. The second-order valence-corrected chi connectivity index (χ2v) is 14.4. The van der Waals surface area contributed by atoms with Crippen molar-refractivity contribution in [1.29, 1.82) is 0 Å². The van der Waals surface area contributed by atoms with Crippen molar-refractivity contribution in [3.63, 3.8) is 0 Å². The van der Waals surface area contributed by atoms with Crippen molar-refractivity contribution in [2.75, 3.05) is 0 Å². The van der Waals surface area contributed by atoms with E-state index in [-0.39, 0.29) is 0 Å². The van der Waals surface area contributed by atoms with Crippen molar-refractivity contribution in [3.8, 4) is 33.6 Å². The Morgan fingerprint density at radius 1 is 0.625 bits per heavy atom. The lowest BCUT2D eigenvalue weighted by Gasteiger charge is -2.15. The predicted octanol–water partition coefficient (Wildman–Crippen LogP) is 12.9. The molecule has 0 fully saturated rings. The van der Waals surface area contributed by atoms with Gasteiger partial charge in [-0.15, -0.1) is 0 Å². The molecule has 9 rings (SSSR count). The van der Waals surface area contributed by atoms with E-state index in [9.17, 15) is 0 Å². The van der Waals surface area contributed by atoms with Crippen LogP contribution in [0, 0.1) is 20.8 Å². The van der Waals surface area contributed by atoms with Crippen LogP contribution >= 0.6 is 0 Å². The van der Waals surface area contributed by atoms with Crippen LogP contribution in [0.4, 0.5) is 17.1 Å². The first-order valence-electron chi connectivity index (χ1n) is 19.1. The van der Waals surface area contributed by atoms with Crippen LogP contribution in [0.15, 0.2) is 143 Å². The number of hydrogen-bond acceptors (Lipinski definition) is 6. The van der Waals surface area contributed by atoms with Crippen LogP contribution in [0.1, 0.15) is 41.3 Å². The average Bonchev–Trinajstić information content (AvgIpc) is 3.23. The van der Waals surface area contributed by atoms with Gasteiger partial charge in [-0.3, -0.25) is 9.98 Å². The van der Waals surface area contributed by atoms with Crippen LogP contribution < -0.4 is 0 Å². The van der Waals surface area contributed by atoms with Gasteiger partial charge in [0.15, 0.2) is 0 Å². The molecule has 1 aliphatic heterocycles. The molecule has 6 heteroatoms. The molecule has 5 aromatic carbocycles. The van der Waals surface area contributed by atoms with Crippen molar-refractivity contribution >= 4 is 67.9 Å². The minimum Gasteiger partial charge on any atom is -0.259 e. The van der Waals surface area contributed by atoms with Crippen molar-refractivity contribution in [3.05, 3.63) is 156 Å². The summed E-state index contributed by atoms with van der Waals surface area (Å²) in [6.07, 6.45) is 7.53. The number of aryl methyl sites for hydroxylation is 4. The van der Waals surface area contributed by atoms with E-state index in [0.717, 1.165) is 119 Å². The molecule has 270 valence electrons. The maximum absolute atomic E-state index is 5.06. The van der Waals surface area contributed by atoms with Crippen LogP contribution in [-0.4, -0.2) is 33.1 Å². The van der Waals surface area contributed by atoms with E-state index in [1.54, 1.807) is 6.08 Å². The Hall–Kier alpha value is -6.92. The van der Waals surface area contributed by atoms with Gasteiger partial charge in [-0.05, 0) is 122 Å². The van der Waals surface area contributed by atoms with E-state index in [2.05, 4.69) is 142 Å². The fraction of sp³-hybridized carbons (Fsp3) is 0.120. The standard InChI is InChI=1S/C50H40N6/c1-6-41(55-48-31(4)11-12-35-9-8-26-52-49(35)48)45-25-21-39-29-40(32(5)27-46(39)54-45)37-19-23-44-38(28-37)20-24-42(53-44)33-14-16-34(17-15-33)43-22-18-36-13-10-30(3)47(51-7-2)50(36)56-43/h6-7,10-29H,1,8-9H2,2-5H3. The zero-order valence-corrected chi connectivity index (χ0v) is 32.0. The SMILES string of the molecule is C=CC(=Nc1c(C)ccc2c1N=CCC2)c1ccc2cc(-c3ccc4nc(-c5ccc(-c6ccc7ccc(C)c(N=CC)c7n6)cc5)ccc4c3)c(C)cc2n1. The molecule has 56 heavy (non-hydrogen) atoms. The molecule has 0 saturated heterocycles. The molecule has 0 spiro atoms. The third kappa shape index (κ3) is 6.39. The van der Waals surface area contributed by atoms with Gasteiger partial charge in [0.05, 0.1) is 56.4 Å². The van der Waals surface area contributed by atoms with Crippen LogP contribution in [-0.2, 0) is 6.42 Å². The molecule has 3 aromatic heterocycles. The quantitative estimate of drug-likeness (QED) is 0.154. The fourth-order valence-electron chi connectivity index (χ4n) is 7.64. The largest absolute Gasteiger partial charge is 0.259 e. The van der Waals surface area contributed by atoms with E-state index in [0.29, 0.717) is 0 Å². The van der Waals surface area contributed by atoms with Gasteiger partial charge in [0.1, 0.15) is 0 Å². The van der Waals surface area contributed by atoms with Crippen LogP contribution in [0.25, 0.3) is 66.4 Å². The summed E-state index contributed by atoms with van der Waals surface area (Å²) in [4.78, 5) is 29.5. The Kier molecular flexibility index (Phi) is 8.94. The molecule has 0 amide bonds. The summed E-state index contributed by atoms with van der Waals surface area (Å²) >= 11 is 0. The third-order valence-electron chi connectivity index (χ3n) is 10.7. The predicted molar refractivity (Wildman–Crippen MR) is 236 cm³/mol. The van der Waals surface area contributed by atoms with E-state index in [4.69, 9.17) is 24.9 Å². The lowest BCUT2D eigenvalue weighted by atomic mass is 9.96. The molecule has 0 atom stereocenters. The molecule has 6 nitrogen and oxygen atoms in total. The number of hydrogen-bond donors (Lipinski definition) is 0. The summed E-state index contributed by atoms with van der Waals surface area (Å²) < 4.78 is 0. The van der Waals surface area contributed by atoms with E-state index in [1.165, 1.54) is 11.1 Å². The minimum absolute atomic E-state index is 0.733. The van der Waals surface area contributed by atoms with Crippen molar-refractivity contribution < 1.29 is 0 Å². The molecule has 0 saturated carbocycles. The number of benzene rings is 5. The topological polar surface area (TPSA) is 75.8 Å². The Morgan fingerprint density at radius 2 is 1.30 bits per heavy atom. The monoisotopic (exact) mass is 724 g/mol. The molecular formula is C50H40N6. The Bertz CT molecular complexity index is 2970. The number of pyridine rings is 3. The number of allylic oxidation sites excluding steroid dienone is 1. The summed E-state index contributed by atoms with van der Waals surface area (Å²) in [5.74, 6) is 0. The fourth-order valence-corrected chi connectivity index (χ4v) is 7.64. The number of nitrogens with zero attached hydrogens (tertiary/aromatic N) is 6.